The molecule has 1 aromatic heterocycles. The fourth-order valence-electron chi connectivity index (χ4n) is 4.67. The number of benzene rings is 1. The molecule has 0 aliphatic rings. The van der Waals surface area contributed by atoms with Crippen LogP contribution in [-0.2, 0) is 13.0 Å². The van der Waals surface area contributed by atoms with Crippen molar-refractivity contribution >= 4 is 0 Å². The van der Waals surface area contributed by atoms with E-state index in [4.69, 9.17) is 0 Å². The second-order valence-corrected chi connectivity index (χ2v) is 9.78. The average molecular weight is 437 g/mol. The van der Waals surface area contributed by atoms with Crippen LogP contribution in [0.25, 0.3) is 0 Å². The number of pyridine rings is 1. The molecule has 178 valence electrons. The molecule has 1 heterocycles. The van der Waals surface area contributed by atoms with Crippen LogP contribution >= 0.6 is 0 Å². The quantitative estimate of drug-likeness (QED) is 0.144. The summed E-state index contributed by atoms with van der Waals surface area (Å²) in [5, 5.41) is 0. The predicted octanol–water partition coefficient (Wildman–Crippen LogP) is 9.22. The minimum atomic E-state index is 0.966. The summed E-state index contributed by atoms with van der Waals surface area (Å²) in [6.07, 6.45) is 30.2. The Morgan fingerprint density at radius 3 is 1.50 bits per heavy atom. The van der Waals surface area contributed by atoms with Crippen LogP contribution in [0.3, 0.4) is 0 Å². The molecule has 0 bridgehead atoms. The van der Waals surface area contributed by atoms with Gasteiger partial charge in [0, 0.05) is 17.2 Å². The molecule has 0 radical (unpaired) electrons. The Kier molecular flexibility index (Phi) is 15.7. The monoisotopic (exact) mass is 436 g/mol. The normalized spacial score (nSPS) is 11.2. The number of nitrogens with zero attached hydrogens (tertiary/aromatic N) is 1. The smallest absolute Gasteiger partial charge is 0.173 e. The summed E-state index contributed by atoms with van der Waals surface area (Å²) in [6.45, 7) is 3.27. The van der Waals surface area contributed by atoms with E-state index in [0.29, 0.717) is 0 Å². The maximum absolute atomic E-state index is 2.33. The van der Waals surface area contributed by atoms with Gasteiger partial charge < -0.3 is 0 Å². The summed E-state index contributed by atoms with van der Waals surface area (Å²) in [4.78, 5) is 0. The molecule has 0 fully saturated rings. The van der Waals surface area contributed by atoms with Gasteiger partial charge in [0.15, 0.2) is 18.9 Å². The molecular weight excluding hydrogens is 386 g/mol. The van der Waals surface area contributed by atoms with E-state index in [0.717, 1.165) is 6.54 Å². The van der Waals surface area contributed by atoms with Crippen molar-refractivity contribution in [1.29, 1.82) is 0 Å². The Morgan fingerprint density at radius 1 is 0.500 bits per heavy atom. The first kappa shape index (κ1) is 26.6. The molecule has 0 unspecified atom stereocenters. The van der Waals surface area contributed by atoms with Gasteiger partial charge in [0.25, 0.3) is 0 Å². The summed E-state index contributed by atoms with van der Waals surface area (Å²) in [5.74, 6) is 0. The van der Waals surface area contributed by atoms with E-state index in [-0.39, 0.29) is 0 Å². The molecule has 0 spiro atoms. The first-order chi connectivity index (χ1) is 15.9. The first-order valence-corrected chi connectivity index (χ1v) is 13.9. The summed E-state index contributed by atoms with van der Waals surface area (Å²) in [5.41, 5.74) is 2.84. The Balaban J connectivity index is 1.37. The van der Waals surface area contributed by atoms with E-state index in [1.54, 1.807) is 0 Å². The summed E-state index contributed by atoms with van der Waals surface area (Å²) >= 11 is 0. The average Bonchev–Trinajstić information content (AvgIpc) is 2.82. The van der Waals surface area contributed by atoms with Gasteiger partial charge in [0.2, 0.25) is 0 Å². The number of aromatic nitrogens is 1. The number of unbranched alkanes of at least 4 members (excludes halogenated alkanes) is 16. The largest absolute Gasteiger partial charge is 0.201 e. The van der Waals surface area contributed by atoms with Gasteiger partial charge in [0.05, 0.1) is 0 Å². The van der Waals surface area contributed by atoms with Crippen molar-refractivity contribution < 1.29 is 4.57 Å². The van der Waals surface area contributed by atoms with Crippen molar-refractivity contribution in [2.24, 2.45) is 0 Å². The van der Waals surface area contributed by atoms with Crippen molar-refractivity contribution in [3.8, 4) is 0 Å². The van der Waals surface area contributed by atoms with E-state index in [2.05, 4.69) is 66.3 Å². The molecule has 1 nitrogen and oxygen atoms in total. The van der Waals surface area contributed by atoms with Crippen LogP contribution in [0.1, 0.15) is 127 Å². The van der Waals surface area contributed by atoms with Crippen LogP contribution in [-0.4, -0.2) is 0 Å². The van der Waals surface area contributed by atoms with Crippen molar-refractivity contribution in [2.75, 3.05) is 0 Å². The van der Waals surface area contributed by atoms with Crippen LogP contribution in [0, 0.1) is 0 Å². The molecule has 1 heteroatoms. The van der Waals surface area contributed by atoms with Gasteiger partial charge >= 0.3 is 0 Å². The van der Waals surface area contributed by atoms with Crippen LogP contribution in [0.15, 0.2) is 54.9 Å². The number of aryl methyl sites for hydroxylation is 1. The highest BCUT2D eigenvalue weighted by Gasteiger charge is 2.04. The van der Waals surface area contributed by atoms with Gasteiger partial charge in [-0.25, -0.2) is 4.57 Å². The molecule has 0 N–H and O–H groups in total. The molecule has 2 rings (SSSR count). The lowest BCUT2D eigenvalue weighted by molar-refractivity contribution is -0.688. The third-order valence-corrected chi connectivity index (χ3v) is 6.70. The summed E-state index contributed by atoms with van der Waals surface area (Å²) < 4.78 is 2.32. The van der Waals surface area contributed by atoms with E-state index in [9.17, 15) is 0 Å². The zero-order valence-corrected chi connectivity index (χ0v) is 21.1. The number of rotatable bonds is 20. The van der Waals surface area contributed by atoms with E-state index in [1.807, 2.05) is 0 Å². The highest BCUT2D eigenvalue weighted by Crippen LogP contribution is 2.14. The molecule has 0 saturated carbocycles. The van der Waals surface area contributed by atoms with Crippen LogP contribution in [0.5, 0.6) is 0 Å². The van der Waals surface area contributed by atoms with Crippen LogP contribution < -0.4 is 4.57 Å². The van der Waals surface area contributed by atoms with Crippen LogP contribution in [0.2, 0.25) is 0 Å². The molecule has 0 amide bonds. The minimum Gasteiger partial charge on any atom is -0.201 e. The molecule has 0 aliphatic heterocycles. The Morgan fingerprint density at radius 2 is 0.969 bits per heavy atom. The fraction of sp³-hybridized carbons (Fsp3) is 0.645. The lowest BCUT2D eigenvalue weighted by Crippen LogP contribution is -2.33. The van der Waals surface area contributed by atoms with Gasteiger partial charge in [-0.3, -0.25) is 0 Å². The zero-order valence-electron chi connectivity index (χ0n) is 21.1. The second-order valence-electron chi connectivity index (χ2n) is 9.78. The standard InChI is InChI=1S/C31H50N/c1-2-3-4-5-6-7-8-9-10-11-12-13-14-15-16-17-19-23-31-26-22-27-32(29-31)28-30-24-20-18-21-25-30/h18,20-22,24-27,29H,2-17,19,23,28H2,1H3/q+1. The molecule has 32 heavy (non-hydrogen) atoms. The Hall–Kier alpha value is -1.63. The molecule has 1 aromatic carbocycles. The van der Waals surface area contributed by atoms with Crippen molar-refractivity contribution in [1.82, 2.24) is 0 Å². The second kappa shape index (κ2) is 18.9. The lowest BCUT2D eigenvalue weighted by Gasteiger charge is -2.04. The fourth-order valence-corrected chi connectivity index (χ4v) is 4.67. The first-order valence-electron chi connectivity index (χ1n) is 13.9. The van der Waals surface area contributed by atoms with Gasteiger partial charge in [0.1, 0.15) is 0 Å². The Bertz CT molecular complexity index is 663. The predicted molar refractivity (Wildman–Crippen MR) is 140 cm³/mol. The van der Waals surface area contributed by atoms with Crippen molar-refractivity contribution in [2.45, 2.75) is 129 Å². The summed E-state index contributed by atoms with van der Waals surface area (Å²) in [7, 11) is 0. The van der Waals surface area contributed by atoms with Gasteiger partial charge in [-0.15, -0.1) is 0 Å². The highest BCUT2D eigenvalue weighted by molar-refractivity contribution is 5.13. The maximum atomic E-state index is 2.33. The third kappa shape index (κ3) is 13.7. The van der Waals surface area contributed by atoms with E-state index < -0.39 is 0 Å². The van der Waals surface area contributed by atoms with Crippen LogP contribution in [0.4, 0.5) is 0 Å². The molecule has 0 saturated heterocycles. The minimum absolute atomic E-state index is 0.966. The molecule has 0 aliphatic carbocycles. The van der Waals surface area contributed by atoms with E-state index in [1.165, 1.54) is 127 Å². The Labute approximate surface area is 199 Å². The van der Waals surface area contributed by atoms with Gasteiger partial charge in [-0.2, -0.15) is 0 Å². The van der Waals surface area contributed by atoms with Crippen molar-refractivity contribution in [3.63, 3.8) is 0 Å². The molecular formula is C31H50N+. The number of hydrogen-bond acceptors (Lipinski definition) is 0. The number of hydrogen-bond donors (Lipinski definition) is 0. The topological polar surface area (TPSA) is 3.88 Å². The SMILES string of the molecule is CCCCCCCCCCCCCCCCCCCc1ccc[n+](Cc2ccccc2)c1. The van der Waals surface area contributed by atoms with Gasteiger partial charge in [-0.1, -0.05) is 140 Å². The summed E-state index contributed by atoms with van der Waals surface area (Å²) in [6, 6.07) is 15.2. The zero-order chi connectivity index (χ0) is 22.5. The van der Waals surface area contributed by atoms with E-state index >= 15 is 0 Å². The van der Waals surface area contributed by atoms with Gasteiger partial charge in [-0.05, 0) is 18.9 Å². The van der Waals surface area contributed by atoms with Crippen molar-refractivity contribution in [3.05, 3.63) is 66.0 Å². The lowest BCUT2D eigenvalue weighted by atomic mass is 10.0. The highest BCUT2D eigenvalue weighted by atomic mass is 14.9. The molecule has 2 aromatic rings. The molecule has 0 atom stereocenters. The maximum Gasteiger partial charge on any atom is 0.173 e. The third-order valence-electron chi connectivity index (χ3n) is 6.70.